The molecule has 0 aliphatic carbocycles. The Kier molecular flexibility index (Phi) is 5.68. The normalized spacial score (nSPS) is 12.1. The Morgan fingerprint density at radius 3 is 2.87 bits per heavy atom. The van der Waals surface area contributed by atoms with Crippen LogP contribution in [0.3, 0.4) is 0 Å². The van der Waals surface area contributed by atoms with Crippen molar-refractivity contribution in [1.82, 2.24) is 19.7 Å². The van der Waals surface area contributed by atoms with Crippen molar-refractivity contribution in [3.8, 4) is 22.8 Å². The first kappa shape index (κ1) is 20.5. The third-order valence-corrected chi connectivity index (χ3v) is 4.76. The van der Waals surface area contributed by atoms with E-state index in [-0.39, 0.29) is 12.0 Å². The Hall–Kier alpha value is -3.72. The van der Waals surface area contributed by atoms with Crippen molar-refractivity contribution in [2.45, 2.75) is 26.9 Å². The van der Waals surface area contributed by atoms with Crippen LogP contribution in [-0.4, -0.2) is 45.5 Å². The van der Waals surface area contributed by atoms with E-state index in [1.165, 1.54) is 6.92 Å². The highest BCUT2D eigenvalue weighted by Gasteiger charge is 2.15. The van der Waals surface area contributed by atoms with Gasteiger partial charge >= 0.3 is 0 Å². The van der Waals surface area contributed by atoms with E-state index in [4.69, 9.17) is 18.9 Å². The maximum absolute atomic E-state index is 11.5. The van der Waals surface area contributed by atoms with Crippen LogP contribution in [0.2, 0.25) is 0 Å². The molecule has 0 saturated carbocycles. The molecule has 4 aromatic rings. The molecule has 0 bridgehead atoms. The zero-order chi connectivity index (χ0) is 22.0. The maximum atomic E-state index is 11.5. The van der Waals surface area contributed by atoms with Gasteiger partial charge in [0.25, 0.3) is 0 Å². The van der Waals surface area contributed by atoms with Crippen molar-refractivity contribution in [2.75, 3.05) is 19.0 Å². The molecule has 0 radical (unpaired) electrons. The van der Waals surface area contributed by atoms with Crippen LogP contribution in [0, 0.1) is 6.92 Å². The highest BCUT2D eigenvalue weighted by Crippen LogP contribution is 2.28. The lowest BCUT2D eigenvalue weighted by atomic mass is 10.2. The summed E-state index contributed by atoms with van der Waals surface area (Å²) in [7, 11) is 1.64. The summed E-state index contributed by atoms with van der Waals surface area (Å²) >= 11 is 0. The number of nitrogens with zero attached hydrogens (tertiary/aromatic N) is 4. The minimum Gasteiger partial charge on any atom is -0.491 e. The minimum absolute atomic E-state index is 0.0620. The molecule has 0 fully saturated rings. The highest BCUT2D eigenvalue weighted by atomic mass is 16.5. The molecule has 0 spiro atoms. The average molecular weight is 421 g/mol. The van der Waals surface area contributed by atoms with Crippen molar-refractivity contribution >= 4 is 22.6 Å². The lowest BCUT2D eigenvalue weighted by molar-refractivity contribution is -0.114. The van der Waals surface area contributed by atoms with Crippen LogP contribution in [0.25, 0.3) is 28.0 Å². The lowest BCUT2D eigenvalue weighted by Crippen LogP contribution is -2.16. The first-order chi connectivity index (χ1) is 14.9. The molecule has 0 aliphatic rings. The van der Waals surface area contributed by atoms with Crippen LogP contribution >= 0.6 is 0 Å². The topological polar surface area (TPSA) is 104 Å². The van der Waals surface area contributed by atoms with Crippen LogP contribution in [0.15, 0.2) is 47.4 Å². The summed E-state index contributed by atoms with van der Waals surface area (Å²) in [5, 5.41) is 8.22. The van der Waals surface area contributed by atoms with Crippen LogP contribution < -0.4 is 10.1 Å². The highest BCUT2D eigenvalue weighted by molar-refractivity contribution is 5.91. The van der Waals surface area contributed by atoms with Gasteiger partial charge in [-0.3, -0.25) is 4.79 Å². The zero-order valence-corrected chi connectivity index (χ0v) is 17.7. The largest absolute Gasteiger partial charge is 0.491 e. The number of hydrogen-bond acceptors (Lipinski definition) is 7. The molecule has 0 saturated heterocycles. The van der Waals surface area contributed by atoms with Crippen molar-refractivity contribution < 1.29 is 18.7 Å². The molecule has 9 heteroatoms. The fourth-order valence-corrected chi connectivity index (χ4v) is 3.10. The lowest BCUT2D eigenvalue weighted by Gasteiger charge is -2.14. The predicted molar refractivity (Wildman–Crippen MR) is 115 cm³/mol. The fourth-order valence-electron chi connectivity index (χ4n) is 3.10. The van der Waals surface area contributed by atoms with E-state index < -0.39 is 0 Å². The Balaban J connectivity index is 1.83. The van der Waals surface area contributed by atoms with Crippen LogP contribution in [-0.2, 0) is 9.53 Å². The van der Waals surface area contributed by atoms with Gasteiger partial charge in [-0.2, -0.15) is 5.10 Å². The molecule has 1 N–H and O–H groups in total. The smallest absolute Gasteiger partial charge is 0.222 e. The molecular formula is C22H23N5O4. The number of pyridine rings is 2. The van der Waals surface area contributed by atoms with E-state index in [9.17, 15) is 4.79 Å². The molecular weight excluding hydrogens is 398 g/mol. The number of aryl methyl sites for hydroxylation is 1. The van der Waals surface area contributed by atoms with E-state index in [0.29, 0.717) is 29.7 Å². The number of methoxy groups -OCH3 is 1. The van der Waals surface area contributed by atoms with Gasteiger partial charge in [-0.05, 0) is 19.9 Å². The number of hydrogen-bond donors (Lipinski definition) is 1. The SMILES string of the molecule is COC(C)COc1cc(-c2ccoc2)nc(-n2nc(C)c3cnc(NC(C)=O)cc32)c1. The number of furan rings is 1. The Morgan fingerprint density at radius 1 is 1.32 bits per heavy atom. The van der Waals surface area contributed by atoms with Gasteiger partial charge in [0.05, 0.1) is 35.5 Å². The van der Waals surface area contributed by atoms with E-state index in [1.54, 1.807) is 36.6 Å². The molecule has 31 heavy (non-hydrogen) atoms. The van der Waals surface area contributed by atoms with E-state index >= 15 is 0 Å². The summed E-state index contributed by atoms with van der Waals surface area (Å²) in [6.45, 7) is 5.66. The number of ether oxygens (including phenoxy) is 2. The van der Waals surface area contributed by atoms with E-state index in [1.807, 2.05) is 32.0 Å². The van der Waals surface area contributed by atoms with Gasteiger partial charge < -0.3 is 19.2 Å². The summed E-state index contributed by atoms with van der Waals surface area (Å²) in [6, 6.07) is 7.27. The van der Waals surface area contributed by atoms with Gasteiger partial charge in [0.15, 0.2) is 5.82 Å². The first-order valence-electron chi connectivity index (χ1n) is 9.78. The summed E-state index contributed by atoms with van der Waals surface area (Å²) in [4.78, 5) is 20.5. The Bertz CT molecular complexity index is 1220. The number of rotatable bonds is 7. The molecule has 4 heterocycles. The van der Waals surface area contributed by atoms with Gasteiger partial charge in [-0.1, -0.05) is 0 Å². The quantitative estimate of drug-likeness (QED) is 0.484. The van der Waals surface area contributed by atoms with Gasteiger partial charge in [0, 0.05) is 49.4 Å². The first-order valence-corrected chi connectivity index (χ1v) is 9.78. The number of carbonyl (C=O) groups is 1. The monoisotopic (exact) mass is 421 g/mol. The van der Waals surface area contributed by atoms with E-state index in [0.717, 1.165) is 22.2 Å². The number of fused-ring (bicyclic) bond motifs is 1. The number of amides is 1. The number of aromatic nitrogens is 4. The zero-order valence-electron chi connectivity index (χ0n) is 17.7. The molecule has 1 atom stereocenters. The van der Waals surface area contributed by atoms with Crippen molar-refractivity contribution in [1.29, 1.82) is 0 Å². The van der Waals surface area contributed by atoms with Crippen molar-refractivity contribution in [3.05, 3.63) is 48.7 Å². The molecule has 160 valence electrons. The van der Waals surface area contributed by atoms with E-state index in [2.05, 4.69) is 15.4 Å². The molecule has 1 amide bonds. The van der Waals surface area contributed by atoms with Crippen molar-refractivity contribution in [3.63, 3.8) is 0 Å². The molecule has 4 rings (SSSR count). The second-order valence-corrected chi connectivity index (χ2v) is 7.18. The predicted octanol–water partition coefficient (Wildman–Crippen LogP) is 3.76. The summed E-state index contributed by atoms with van der Waals surface area (Å²) in [6.07, 6.45) is 4.85. The summed E-state index contributed by atoms with van der Waals surface area (Å²) in [5.74, 6) is 1.44. The summed E-state index contributed by atoms with van der Waals surface area (Å²) in [5.41, 5.74) is 3.07. The Labute approximate surface area is 179 Å². The van der Waals surface area contributed by atoms with Crippen LogP contribution in [0.5, 0.6) is 5.75 Å². The molecule has 4 aromatic heterocycles. The molecule has 0 aliphatic heterocycles. The second-order valence-electron chi connectivity index (χ2n) is 7.18. The minimum atomic E-state index is -0.197. The number of nitrogens with one attached hydrogen (secondary N) is 1. The fraction of sp³-hybridized carbons (Fsp3) is 0.273. The molecule has 1 unspecified atom stereocenters. The molecule has 9 nitrogen and oxygen atoms in total. The standard InChI is InChI=1S/C22H23N5O4/c1-13(29-4)11-31-17-7-19(16-5-6-30-12-16)25-22(8-17)27-20-9-21(24-15(3)28)23-10-18(20)14(2)26-27/h5-10,12-13H,11H2,1-4H3,(H,23,24,28). The van der Waals surface area contributed by atoms with Gasteiger partial charge in [0.1, 0.15) is 18.2 Å². The summed E-state index contributed by atoms with van der Waals surface area (Å²) < 4.78 is 18.2. The van der Waals surface area contributed by atoms with Gasteiger partial charge in [0.2, 0.25) is 5.91 Å². The maximum Gasteiger partial charge on any atom is 0.222 e. The Morgan fingerprint density at radius 2 is 2.16 bits per heavy atom. The third kappa shape index (κ3) is 4.41. The average Bonchev–Trinajstić information content (AvgIpc) is 3.40. The van der Waals surface area contributed by atoms with Gasteiger partial charge in [-0.25, -0.2) is 14.6 Å². The van der Waals surface area contributed by atoms with Crippen molar-refractivity contribution in [2.24, 2.45) is 0 Å². The van der Waals surface area contributed by atoms with Crippen LogP contribution in [0.1, 0.15) is 19.5 Å². The van der Waals surface area contributed by atoms with Gasteiger partial charge in [-0.15, -0.1) is 0 Å². The van der Waals surface area contributed by atoms with Crippen LogP contribution in [0.4, 0.5) is 5.82 Å². The number of anilines is 1. The number of carbonyl (C=O) groups excluding carboxylic acids is 1. The second kappa shape index (κ2) is 8.57. The molecule has 0 aromatic carbocycles. The third-order valence-electron chi connectivity index (χ3n) is 4.76.